The molecule has 1 aromatic carbocycles. The van der Waals surface area contributed by atoms with E-state index in [0.29, 0.717) is 12.8 Å². The maximum atomic E-state index is 10.3. The molecule has 0 spiro atoms. The first-order chi connectivity index (χ1) is 9.62. The van der Waals surface area contributed by atoms with Gasteiger partial charge >= 0.3 is 0 Å². The molecule has 0 amide bonds. The monoisotopic (exact) mass is 274 g/mol. The van der Waals surface area contributed by atoms with E-state index in [1.807, 2.05) is 41.9 Å². The van der Waals surface area contributed by atoms with Gasteiger partial charge in [-0.2, -0.15) is 5.10 Å². The summed E-state index contributed by atoms with van der Waals surface area (Å²) in [6.07, 6.45) is 0.820. The number of rotatable bonds is 6. The zero-order valence-electron chi connectivity index (χ0n) is 12.3. The van der Waals surface area contributed by atoms with Gasteiger partial charge in [-0.25, -0.2) is 0 Å². The van der Waals surface area contributed by atoms with Crippen molar-refractivity contribution in [1.82, 2.24) is 9.78 Å². The molecule has 2 rings (SSSR count). The normalized spacial score (nSPS) is 12.4. The van der Waals surface area contributed by atoms with E-state index in [0.717, 1.165) is 29.2 Å². The molecule has 4 heteroatoms. The number of aromatic nitrogens is 2. The van der Waals surface area contributed by atoms with Gasteiger partial charge in [0.2, 0.25) is 0 Å². The van der Waals surface area contributed by atoms with Gasteiger partial charge in [0.25, 0.3) is 0 Å². The van der Waals surface area contributed by atoms with Gasteiger partial charge < -0.3 is 9.84 Å². The molecule has 0 fully saturated rings. The van der Waals surface area contributed by atoms with Gasteiger partial charge in [0, 0.05) is 18.7 Å². The summed E-state index contributed by atoms with van der Waals surface area (Å²) in [6.45, 7) is 4.86. The molecule has 0 radical (unpaired) electrons. The van der Waals surface area contributed by atoms with Crippen LogP contribution in [0.4, 0.5) is 0 Å². The number of methoxy groups -OCH3 is 1. The maximum absolute atomic E-state index is 10.3. The Morgan fingerprint density at radius 1 is 1.30 bits per heavy atom. The lowest BCUT2D eigenvalue weighted by Crippen LogP contribution is -2.17. The van der Waals surface area contributed by atoms with E-state index >= 15 is 0 Å². The van der Waals surface area contributed by atoms with Gasteiger partial charge in [0.1, 0.15) is 5.75 Å². The van der Waals surface area contributed by atoms with Crippen LogP contribution >= 0.6 is 0 Å². The lowest BCUT2D eigenvalue weighted by atomic mass is 10.0. The van der Waals surface area contributed by atoms with Crippen LogP contribution < -0.4 is 4.74 Å². The molecular weight excluding hydrogens is 252 g/mol. The number of hydrogen-bond acceptors (Lipinski definition) is 3. The molecule has 1 unspecified atom stereocenters. The summed E-state index contributed by atoms with van der Waals surface area (Å²) in [5, 5.41) is 14.7. The fourth-order valence-corrected chi connectivity index (χ4v) is 2.42. The molecule has 4 nitrogen and oxygen atoms in total. The van der Waals surface area contributed by atoms with E-state index in [2.05, 4.69) is 12.0 Å². The molecule has 1 heterocycles. The highest BCUT2D eigenvalue weighted by molar-refractivity contribution is 5.29. The number of nitrogens with zero attached hydrogens (tertiary/aromatic N) is 2. The number of aliphatic hydroxyl groups excluding tert-OH is 1. The van der Waals surface area contributed by atoms with E-state index in [9.17, 15) is 5.11 Å². The summed E-state index contributed by atoms with van der Waals surface area (Å²) in [5.41, 5.74) is 3.16. The molecule has 0 aliphatic heterocycles. The van der Waals surface area contributed by atoms with Crippen molar-refractivity contribution in [2.75, 3.05) is 7.11 Å². The summed E-state index contributed by atoms with van der Waals surface area (Å²) in [7, 11) is 1.65. The van der Waals surface area contributed by atoms with E-state index in [-0.39, 0.29) is 0 Å². The van der Waals surface area contributed by atoms with Gasteiger partial charge in [-0.15, -0.1) is 0 Å². The Balaban J connectivity index is 2.02. The quantitative estimate of drug-likeness (QED) is 0.879. The fraction of sp³-hybridized carbons (Fsp3) is 0.438. The van der Waals surface area contributed by atoms with Gasteiger partial charge in [0.05, 0.1) is 18.9 Å². The lowest BCUT2D eigenvalue weighted by molar-refractivity contribution is 0.172. The van der Waals surface area contributed by atoms with Crippen LogP contribution in [0.1, 0.15) is 23.9 Å². The van der Waals surface area contributed by atoms with Crippen molar-refractivity contribution < 1.29 is 9.84 Å². The summed E-state index contributed by atoms with van der Waals surface area (Å²) in [4.78, 5) is 0. The third kappa shape index (κ3) is 3.61. The molecule has 0 bridgehead atoms. The average Bonchev–Trinajstić information content (AvgIpc) is 2.78. The largest absolute Gasteiger partial charge is 0.497 e. The topological polar surface area (TPSA) is 47.3 Å². The van der Waals surface area contributed by atoms with Crippen molar-refractivity contribution in [2.24, 2.45) is 0 Å². The Bertz CT molecular complexity index is 563. The maximum Gasteiger partial charge on any atom is 0.119 e. The van der Waals surface area contributed by atoms with E-state index in [1.54, 1.807) is 7.11 Å². The highest BCUT2D eigenvalue weighted by atomic mass is 16.5. The van der Waals surface area contributed by atoms with Gasteiger partial charge in [-0.05, 0) is 44.0 Å². The molecule has 1 atom stereocenters. The number of aliphatic hydroxyl groups is 1. The number of hydrogen-bond donors (Lipinski definition) is 1. The molecule has 0 saturated heterocycles. The summed E-state index contributed by atoms with van der Waals surface area (Å²) in [5.74, 6) is 0.823. The highest BCUT2D eigenvalue weighted by Crippen LogP contribution is 2.16. The Kier molecular flexibility index (Phi) is 4.79. The molecule has 0 aliphatic rings. The zero-order chi connectivity index (χ0) is 14.5. The predicted octanol–water partition coefficient (Wildman–Crippen LogP) is 2.37. The first-order valence-corrected chi connectivity index (χ1v) is 6.96. The van der Waals surface area contributed by atoms with Crippen molar-refractivity contribution in [1.29, 1.82) is 0 Å². The lowest BCUT2D eigenvalue weighted by Gasteiger charge is -2.12. The van der Waals surface area contributed by atoms with Crippen molar-refractivity contribution in [3.63, 3.8) is 0 Å². The van der Waals surface area contributed by atoms with Crippen LogP contribution in [0.5, 0.6) is 5.75 Å². The van der Waals surface area contributed by atoms with Crippen molar-refractivity contribution in [2.45, 2.75) is 39.3 Å². The van der Waals surface area contributed by atoms with Crippen LogP contribution in [-0.2, 0) is 19.4 Å². The van der Waals surface area contributed by atoms with Crippen LogP contribution in [0.3, 0.4) is 0 Å². The molecule has 0 aliphatic carbocycles. The minimum atomic E-state index is -0.413. The van der Waals surface area contributed by atoms with Crippen molar-refractivity contribution in [3.05, 3.63) is 47.3 Å². The first-order valence-electron chi connectivity index (χ1n) is 6.96. The molecule has 20 heavy (non-hydrogen) atoms. The van der Waals surface area contributed by atoms with Crippen molar-refractivity contribution in [3.8, 4) is 5.75 Å². The van der Waals surface area contributed by atoms with Gasteiger partial charge in [-0.1, -0.05) is 12.1 Å². The average molecular weight is 274 g/mol. The van der Waals surface area contributed by atoms with Gasteiger partial charge in [0.15, 0.2) is 0 Å². The minimum absolute atomic E-state index is 0.413. The third-order valence-corrected chi connectivity index (χ3v) is 3.34. The molecule has 108 valence electrons. The predicted molar refractivity (Wildman–Crippen MR) is 79.0 cm³/mol. The summed E-state index contributed by atoms with van der Waals surface area (Å²) < 4.78 is 7.15. The Hall–Kier alpha value is -1.81. The number of ether oxygens (including phenoxy) is 1. The Morgan fingerprint density at radius 3 is 2.80 bits per heavy atom. The first kappa shape index (κ1) is 14.6. The van der Waals surface area contributed by atoms with Crippen LogP contribution in [0.15, 0.2) is 30.3 Å². The molecule has 2 aromatic rings. The molecular formula is C16H22N2O2. The van der Waals surface area contributed by atoms with Crippen LogP contribution in [0.25, 0.3) is 0 Å². The summed E-state index contributed by atoms with van der Waals surface area (Å²) in [6, 6.07) is 9.87. The molecule has 1 N–H and O–H groups in total. The second-order valence-corrected chi connectivity index (χ2v) is 5.01. The summed E-state index contributed by atoms with van der Waals surface area (Å²) >= 11 is 0. The third-order valence-electron chi connectivity index (χ3n) is 3.34. The van der Waals surface area contributed by atoms with E-state index in [4.69, 9.17) is 4.74 Å². The zero-order valence-corrected chi connectivity index (χ0v) is 12.3. The van der Waals surface area contributed by atoms with E-state index < -0.39 is 6.10 Å². The minimum Gasteiger partial charge on any atom is -0.497 e. The second kappa shape index (κ2) is 6.57. The molecule has 0 saturated carbocycles. The van der Waals surface area contributed by atoms with Crippen LogP contribution in [-0.4, -0.2) is 28.1 Å². The van der Waals surface area contributed by atoms with Crippen molar-refractivity contribution >= 4 is 0 Å². The van der Waals surface area contributed by atoms with Crippen LogP contribution in [0.2, 0.25) is 0 Å². The number of benzene rings is 1. The number of aryl methyl sites for hydroxylation is 2. The standard InChI is InChI=1S/C16H22N2O2/c1-4-18-14(8-12(2)17-18)11-15(19)9-13-6-5-7-16(10-13)20-3/h5-8,10,15,19H,4,9,11H2,1-3H3. The Morgan fingerprint density at radius 2 is 2.10 bits per heavy atom. The smallest absolute Gasteiger partial charge is 0.119 e. The van der Waals surface area contributed by atoms with Crippen LogP contribution in [0, 0.1) is 6.92 Å². The second-order valence-electron chi connectivity index (χ2n) is 5.01. The highest BCUT2D eigenvalue weighted by Gasteiger charge is 2.12. The SMILES string of the molecule is CCn1nc(C)cc1CC(O)Cc1cccc(OC)c1. The molecule has 1 aromatic heterocycles. The Labute approximate surface area is 120 Å². The van der Waals surface area contributed by atoms with E-state index in [1.165, 1.54) is 0 Å². The fourth-order valence-electron chi connectivity index (χ4n) is 2.42. The van der Waals surface area contributed by atoms with Gasteiger partial charge in [-0.3, -0.25) is 4.68 Å².